The van der Waals surface area contributed by atoms with Gasteiger partial charge in [-0.2, -0.15) is 4.57 Å². The lowest BCUT2D eigenvalue weighted by Gasteiger charge is -2.13. The maximum absolute atomic E-state index is 11.1. The van der Waals surface area contributed by atoms with Gasteiger partial charge in [0.2, 0.25) is 10.5 Å². The Bertz CT molecular complexity index is 945. The Morgan fingerprint density at radius 1 is 1.23 bits per heavy atom. The molecule has 0 bridgehead atoms. The van der Waals surface area contributed by atoms with E-state index in [0.717, 1.165) is 21.3 Å². The summed E-state index contributed by atoms with van der Waals surface area (Å²) in [5.74, 6) is 0. The van der Waals surface area contributed by atoms with Crippen molar-refractivity contribution in [1.29, 1.82) is 0 Å². The van der Waals surface area contributed by atoms with Crippen LogP contribution in [0.2, 0.25) is 0 Å². The lowest BCUT2D eigenvalue weighted by Crippen LogP contribution is -2.37. The quantitative estimate of drug-likeness (QED) is 0.544. The second-order valence-corrected chi connectivity index (χ2v) is 8.52. The van der Waals surface area contributed by atoms with Gasteiger partial charge in [-0.25, -0.2) is 8.42 Å². The lowest BCUT2D eigenvalue weighted by atomic mass is 10.1. The monoisotopic (exact) mass is 335 g/mol. The molecule has 4 nitrogen and oxygen atoms in total. The molecule has 0 radical (unpaired) electrons. The molecule has 1 aromatic heterocycles. The lowest BCUT2D eigenvalue weighted by molar-refractivity contribution is -0.672. The van der Waals surface area contributed by atoms with Gasteiger partial charge < -0.3 is 4.55 Å². The van der Waals surface area contributed by atoms with Crippen LogP contribution in [0.1, 0.15) is 18.4 Å². The molecule has 0 spiro atoms. The Balaban J connectivity index is 2.09. The van der Waals surface area contributed by atoms with Crippen LogP contribution >= 0.6 is 11.3 Å². The Kier molecular flexibility index (Phi) is 3.92. The molecule has 0 amide bonds. The number of thiazole rings is 1. The van der Waals surface area contributed by atoms with Crippen LogP contribution in [0.4, 0.5) is 0 Å². The molecule has 0 aliphatic carbocycles. The van der Waals surface area contributed by atoms with Gasteiger partial charge in [0.1, 0.15) is 4.70 Å². The van der Waals surface area contributed by atoms with Crippen molar-refractivity contribution < 1.29 is 17.5 Å². The zero-order chi connectivity index (χ0) is 15.9. The summed E-state index contributed by atoms with van der Waals surface area (Å²) in [5.41, 5.74) is 1.12. The first-order chi connectivity index (χ1) is 10.4. The zero-order valence-electron chi connectivity index (χ0n) is 12.4. The molecule has 116 valence electrons. The molecule has 6 heteroatoms. The molecule has 2 aromatic carbocycles. The standard InChI is InChI=1S/C16H17NO3S2/c1-11(22(18,19)20)9-10-17-12(2)21-15-8-7-13-5-3-4-6-14(13)16(15)17/h3-8,11H,9-10H2,1-2H3. The number of fused-ring (bicyclic) bond motifs is 3. The normalized spacial score (nSPS) is 13.8. The van der Waals surface area contributed by atoms with Gasteiger partial charge in [0.25, 0.3) is 0 Å². The van der Waals surface area contributed by atoms with E-state index in [2.05, 4.69) is 28.8 Å². The van der Waals surface area contributed by atoms with E-state index in [0.29, 0.717) is 13.0 Å². The van der Waals surface area contributed by atoms with Crippen LogP contribution in [0.3, 0.4) is 0 Å². The van der Waals surface area contributed by atoms with Crippen LogP contribution in [0.25, 0.3) is 21.0 Å². The van der Waals surface area contributed by atoms with Gasteiger partial charge in [-0.3, -0.25) is 0 Å². The number of hydrogen-bond donors (Lipinski definition) is 0. The second kappa shape index (κ2) is 5.61. The molecule has 22 heavy (non-hydrogen) atoms. The molecule has 3 aromatic rings. The van der Waals surface area contributed by atoms with Crippen LogP contribution in [0.15, 0.2) is 36.4 Å². The fraction of sp³-hybridized carbons (Fsp3) is 0.312. The molecule has 0 saturated heterocycles. The van der Waals surface area contributed by atoms with Gasteiger partial charge in [0, 0.05) is 13.3 Å². The van der Waals surface area contributed by atoms with Gasteiger partial charge in [-0.05, 0) is 24.4 Å². The Labute approximate surface area is 133 Å². The summed E-state index contributed by atoms with van der Waals surface area (Å²) in [6.45, 7) is 4.03. The van der Waals surface area contributed by atoms with E-state index < -0.39 is 15.4 Å². The maximum atomic E-state index is 11.1. The maximum Gasteiger partial charge on any atom is 0.235 e. The molecule has 1 unspecified atom stereocenters. The fourth-order valence-electron chi connectivity index (χ4n) is 2.69. The van der Waals surface area contributed by atoms with Crippen molar-refractivity contribution in [3.63, 3.8) is 0 Å². The molecule has 1 heterocycles. The third-order valence-electron chi connectivity index (χ3n) is 4.02. The summed E-state index contributed by atoms with van der Waals surface area (Å²) in [6, 6.07) is 12.3. The van der Waals surface area contributed by atoms with Crippen molar-refractivity contribution in [3.05, 3.63) is 41.4 Å². The highest BCUT2D eigenvalue weighted by atomic mass is 32.2. The first-order valence-corrected chi connectivity index (χ1v) is 9.42. The zero-order valence-corrected chi connectivity index (χ0v) is 14.1. The van der Waals surface area contributed by atoms with E-state index in [4.69, 9.17) is 0 Å². The summed E-state index contributed by atoms with van der Waals surface area (Å²) in [5, 5.41) is 2.55. The number of hydrogen-bond acceptors (Lipinski definition) is 4. The van der Waals surface area contributed by atoms with E-state index in [1.54, 1.807) is 11.3 Å². The average molecular weight is 335 g/mol. The van der Waals surface area contributed by atoms with Crippen molar-refractivity contribution in [2.24, 2.45) is 0 Å². The van der Waals surface area contributed by atoms with Gasteiger partial charge in [0.15, 0.2) is 6.54 Å². The highest BCUT2D eigenvalue weighted by Crippen LogP contribution is 2.28. The van der Waals surface area contributed by atoms with Gasteiger partial charge in [-0.15, -0.1) is 0 Å². The molecule has 1 atom stereocenters. The number of aryl methyl sites for hydroxylation is 2. The Hall–Kier alpha value is -1.50. The van der Waals surface area contributed by atoms with Gasteiger partial charge >= 0.3 is 0 Å². The van der Waals surface area contributed by atoms with Gasteiger partial charge in [-0.1, -0.05) is 35.6 Å². The molecule has 0 saturated carbocycles. The average Bonchev–Trinajstić information content (AvgIpc) is 2.79. The highest BCUT2D eigenvalue weighted by Gasteiger charge is 2.21. The van der Waals surface area contributed by atoms with Crippen LogP contribution in [0.5, 0.6) is 0 Å². The molecular formula is C16H17NO3S2. The largest absolute Gasteiger partial charge is 0.748 e. The summed E-state index contributed by atoms with van der Waals surface area (Å²) in [7, 11) is -4.22. The predicted octanol–water partition coefficient (Wildman–Crippen LogP) is 2.97. The first kappa shape index (κ1) is 15.4. The van der Waals surface area contributed by atoms with Crippen LogP contribution < -0.4 is 4.57 Å². The van der Waals surface area contributed by atoms with Crippen LogP contribution in [-0.2, 0) is 16.7 Å². The fourth-order valence-corrected chi connectivity index (χ4v) is 4.15. The third kappa shape index (κ3) is 2.74. The minimum absolute atomic E-state index is 0.326. The first-order valence-electron chi connectivity index (χ1n) is 7.13. The third-order valence-corrected chi connectivity index (χ3v) is 6.31. The Morgan fingerprint density at radius 2 is 1.95 bits per heavy atom. The number of nitrogens with zero attached hydrogens (tertiary/aromatic N) is 1. The van der Waals surface area contributed by atoms with E-state index in [1.807, 2.05) is 19.1 Å². The summed E-state index contributed by atoms with van der Waals surface area (Å²) < 4.78 is 36.6. The summed E-state index contributed by atoms with van der Waals surface area (Å²) in [4.78, 5) is 0. The number of aromatic nitrogens is 1. The molecule has 0 N–H and O–H groups in total. The van der Waals surface area contributed by atoms with Gasteiger partial charge in [0.05, 0.1) is 20.8 Å². The van der Waals surface area contributed by atoms with E-state index in [9.17, 15) is 13.0 Å². The van der Waals surface area contributed by atoms with Crippen LogP contribution in [-0.4, -0.2) is 18.2 Å². The topological polar surface area (TPSA) is 61.1 Å². The van der Waals surface area contributed by atoms with Crippen molar-refractivity contribution in [1.82, 2.24) is 0 Å². The smallest absolute Gasteiger partial charge is 0.235 e. The molecule has 0 aliphatic rings. The molecule has 0 fully saturated rings. The van der Waals surface area contributed by atoms with E-state index in [-0.39, 0.29) is 0 Å². The van der Waals surface area contributed by atoms with Crippen LogP contribution in [0, 0.1) is 6.92 Å². The number of rotatable bonds is 4. The van der Waals surface area contributed by atoms with Crippen molar-refractivity contribution in [2.45, 2.75) is 32.1 Å². The predicted molar refractivity (Wildman–Crippen MR) is 88.0 cm³/mol. The summed E-state index contributed by atoms with van der Waals surface area (Å²) >= 11 is 1.69. The second-order valence-electron chi connectivity index (χ2n) is 5.50. The number of benzene rings is 2. The molecule has 0 aliphatic heterocycles. The van der Waals surface area contributed by atoms with Crippen molar-refractivity contribution in [3.8, 4) is 0 Å². The van der Waals surface area contributed by atoms with Crippen molar-refractivity contribution >= 4 is 42.4 Å². The Morgan fingerprint density at radius 3 is 2.68 bits per heavy atom. The molecule has 3 rings (SSSR count). The SMILES string of the molecule is Cc1sc2ccc3ccccc3c2[n+]1CCC(C)S(=O)(=O)[O-]. The minimum atomic E-state index is -4.22. The summed E-state index contributed by atoms with van der Waals surface area (Å²) in [6.07, 6.45) is 0.326. The van der Waals surface area contributed by atoms with E-state index >= 15 is 0 Å². The highest BCUT2D eigenvalue weighted by molar-refractivity contribution is 7.86. The molecular weight excluding hydrogens is 318 g/mol. The van der Waals surface area contributed by atoms with Crippen molar-refractivity contribution in [2.75, 3.05) is 0 Å². The van der Waals surface area contributed by atoms with E-state index in [1.165, 1.54) is 11.6 Å². The minimum Gasteiger partial charge on any atom is -0.748 e.